The van der Waals surface area contributed by atoms with Gasteiger partial charge in [-0.05, 0) is 29.2 Å². The molecule has 0 aromatic heterocycles. The molecule has 2 rings (SSSR count). The van der Waals surface area contributed by atoms with Crippen LogP contribution in [0.4, 0.5) is 0 Å². The molecule has 4 heteroatoms. The van der Waals surface area contributed by atoms with E-state index in [1.807, 2.05) is 6.92 Å². The average Bonchev–Trinajstić information content (AvgIpc) is 2.52. The molecular weight excluding hydrogens is 280 g/mol. The standard InChI is InChI=1S/C18H16O4/c1-2-13(14-10-6-7-11-15(14)17(19)20)16(18(21)22)12-8-4-3-5-9-12/h3-11H,2H2,1H3,(H,19,20)(H,21,22). The predicted octanol–water partition coefficient (Wildman–Crippen LogP) is 3.79. The minimum Gasteiger partial charge on any atom is -0.478 e. The maximum Gasteiger partial charge on any atom is 0.336 e. The fourth-order valence-corrected chi connectivity index (χ4v) is 2.47. The summed E-state index contributed by atoms with van der Waals surface area (Å²) in [5.74, 6) is -2.14. The summed E-state index contributed by atoms with van der Waals surface area (Å²) in [6.45, 7) is 1.82. The van der Waals surface area contributed by atoms with E-state index < -0.39 is 11.9 Å². The van der Waals surface area contributed by atoms with E-state index in [4.69, 9.17) is 0 Å². The van der Waals surface area contributed by atoms with Gasteiger partial charge in [0.25, 0.3) is 0 Å². The second kappa shape index (κ2) is 6.72. The van der Waals surface area contributed by atoms with Crippen molar-refractivity contribution in [3.05, 3.63) is 71.3 Å². The highest BCUT2D eigenvalue weighted by atomic mass is 16.4. The summed E-state index contributed by atoms with van der Waals surface area (Å²) >= 11 is 0. The Morgan fingerprint density at radius 1 is 0.864 bits per heavy atom. The zero-order chi connectivity index (χ0) is 16.1. The molecule has 2 aromatic rings. The molecule has 112 valence electrons. The molecule has 2 N–H and O–H groups in total. The van der Waals surface area contributed by atoms with Crippen molar-refractivity contribution in [3.8, 4) is 0 Å². The van der Waals surface area contributed by atoms with Gasteiger partial charge in [-0.3, -0.25) is 0 Å². The lowest BCUT2D eigenvalue weighted by Gasteiger charge is -2.14. The first-order chi connectivity index (χ1) is 10.6. The SMILES string of the molecule is CCC(=C(C(=O)O)c1ccccc1)c1ccccc1C(=O)O. The monoisotopic (exact) mass is 296 g/mol. The molecule has 0 atom stereocenters. The van der Waals surface area contributed by atoms with Gasteiger partial charge in [0, 0.05) is 0 Å². The molecule has 0 spiro atoms. The Hall–Kier alpha value is -2.88. The van der Waals surface area contributed by atoms with Crippen LogP contribution in [0.25, 0.3) is 11.1 Å². The predicted molar refractivity (Wildman–Crippen MR) is 84.6 cm³/mol. The van der Waals surface area contributed by atoms with Crippen LogP contribution in [-0.4, -0.2) is 22.2 Å². The van der Waals surface area contributed by atoms with Crippen LogP contribution >= 0.6 is 0 Å². The number of carboxylic acid groups (broad SMARTS) is 2. The summed E-state index contributed by atoms with van der Waals surface area (Å²) in [5, 5.41) is 18.9. The maximum absolute atomic E-state index is 11.7. The van der Waals surface area contributed by atoms with E-state index in [2.05, 4.69) is 0 Å². The van der Waals surface area contributed by atoms with Crippen molar-refractivity contribution in [2.45, 2.75) is 13.3 Å². The van der Waals surface area contributed by atoms with Gasteiger partial charge in [-0.2, -0.15) is 0 Å². The highest BCUT2D eigenvalue weighted by Gasteiger charge is 2.20. The van der Waals surface area contributed by atoms with Gasteiger partial charge in [-0.1, -0.05) is 55.5 Å². The highest BCUT2D eigenvalue weighted by molar-refractivity contribution is 6.24. The molecule has 2 aromatic carbocycles. The molecule has 0 aliphatic carbocycles. The maximum atomic E-state index is 11.7. The van der Waals surface area contributed by atoms with Gasteiger partial charge in [-0.25, -0.2) is 9.59 Å². The van der Waals surface area contributed by atoms with E-state index in [1.54, 1.807) is 48.5 Å². The van der Waals surface area contributed by atoms with Gasteiger partial charge in [0.1, 0.15) is 0 Å². The third-order valence-electron chi connectivity index (χ3n) is 3.41. The van der Waals surface area contributed by atoms with Gasteiger partial charge in [0.2, 0.25) is 0 Å². The van der Waals surface area contributed by atoms with Crippen LogP contribution < -0.4 is 0 Å². The normalized spacial score (nSPS) is 11.7. The third kappa shape index (κ3) is 3.06. The molecule has 0 unspecified atom stereocenters. The molecule has 22 heavy (non-hydrogen) atoms. The van der Waals surface area contributed by atoms with Crippen LogP contribution in [0.5, 0.6) is 0 Å². The average molecular weight is 296 g/mol. The zero-order valence-corrected chi connectivity index (χ0v) is 12.1. The Balaban J connectivity index is 2.76. The number of hydrogen-bond donors (Lipinski definition) is 2. The van der Waals surface area contributed by atoms with Crippen LogP contribution in [0.2, 0.25) is 0 Å². The minimum atomic E-state index is -1.07. The number of aliphatic carboxylic acids is 1. The topological polar surface area (TPSA) is 74.6 Å². The summed E-state index contributed by atoms with van der Waals surface area (Å²) in [6, 6.07) is 15.2. The van der Waals surface area contributed by atoms with Crippen molar-refractivity contribution >= 4 is 23.1 Å². The summed E-state index contributed by atoms with van der Waals surface area (Å²) in [6.07, 6.45) is 0.417. The van der Waals surface area contributed by atoms with Gasteiger partial charge in [-0.15, -0.1) is 0 Å². The molecule has 0 saturated heterocycles. The van der Waals surface area contributed by atoms with E-state index in [0.29, 0.717) is 23.1 Å². The Labute approximate surface area is 128 Å². The van der Waals surface area contributed by atoms with Crippen molar-refractivity contribution < 1.29 is 19.8 Å². The van der Waals surface area contributed by atoms with E-state index in [0.717, 1.165) is 0 Å². The molecule has 0 saturated carbocycles. The molecule has 0 fully saturated rings. The largest absolute Gasteiger partial charge is 0.478 e. The number of benzene rings is 2. The highest BCUT2D eigenvalue weighted by Crippen LogP contribution is 2.31. The number of aromatic carboxylic acids is 1. The molecule has 0 amide bonds. The van der Waals surface area contributed by atoms with E-state index in [9.17, 15) is 19.8 Å². The van der Waals surface area contributed by atoms with Gasteiger partial charge in [0.15, 0.2) is 0 Å². The van der Waals surface area contributed by atoms with Gasteiger partial charge in [0.05, 0.1) is 11.1 Å². The quantitative estimate of drug-likeness (QED) is 0.650. The lowest BCUT2D eigenvalue weighted by atomic mass is 9.90. The van der Waals surface area contributed by atoms with E-state index >= 15 is 0 Å². The Morgan fingerprint density at radius 2 is 1.41 bits per heavy atom. The summed E-state index contributed by atoms with van der Waals surface area (Å²) in [5.41, 5.74) is 1.76. The smallest absolute Gasteiger partial charge is 0.336 e. The van der Waals surface area contributed by atoms with E-state index in [-0.39, 0.29) is 11.1 Å². The van der Waals surface area contributed by atoms with Crippen LogP contribution in [0.3, 0.4) is 0 Å². The van der Waals surface area contributed by atoms with Crippen molar-refractivity contribution in [3.63, 3.8) is 0 Å². The molecule has 0 radical (unpaired) electrons. The second-order valence-corrected chi connectivity index (χ2v) is 4.73. The van der Waals surface area contributed by atoms with Crippen LogP contribution in [-0.2, 0) is 4.79 Å². The minimum absolute atomic E-state index is 0.106. The Bertz CT molecular complexity index is 730. The Morgan fingerprint density at radius 3 is 1.91 bits per heavy atom. The van der Waals surface area contributed by atoms with Crippen molar-refractivity contribution in [2.24, 2.45) is 0 Å². The number of allylic oxidation sites excluding steroid dienone is 1. The molecule has 0 aliphatic rings. The van der Waals surface area contributed by atoms with E-state index in [1.165, 1.54) is 6.07 Å². The van der Waals surface area contributed by atoms with Crippen molar-refractivity contribution in [2.75, 3.05) is 0 Å². The number of carboxylic acids is 2. The fraction of sp³-hybridized carbons (Fsp3) is 0.111. The first kappa shape index (κ1) is 15.5. The number of carbonyl (C=O) groups is 2. The van der Waals surface area contributed by atoms with Crippen LogP contribution in [0.1, 0.15) is 34.8 Å². The third-order valence-corrected chi connectivity index (χ3v) is 3.41. The first-order valence-corrected chi connectivity index (χ1v) is 6.90. The first-order valence-electron chi connectivity index (χ1n) is 6.90. The lowest BCUT2D eigenvalue weighted by Crippen LogP contribution is -2.07. The lowest BCUT2D eigenvalue weighted by molar-refractivity contribution is -0.130. The van der Waals surface area contributed by atoms with Crippen molar-refractivity contribution in [1.29, 1.82) is 0 Å². The summed E-state index contributed by atoms with van der Waals surface area (Å²) < 4.78 is 0. The van der Waals surface area contributed by atoms with Crippen LogP contribution in [0, 0.1) is 0 Å². The van der Waals surface area contributed by atoms with Crippen molar-refractivity contribution in [1.82, 2.24) is 0 Å². The van der Waals surface area contributed by atoms with Crippen LogP contribution in [0.15, 0.2) is 54.6 Å². The number of hydrogen-bond acceptors (Lipinski definition) is 2. The molecule has 0 heterocycles. The summed E-state index contributed by atoms with van der Waals surface area (Å²) in [4.78, 5) is 23.2. The molecule has 0 bridgehead atoms. The molecular formula is C18H16O4. The van der Waals surface area contributed by atoms with Gasteiger partial charge >= 0.3 is 11.9 Å². The zero-order valence-electron chi connectivity index (χ0n) is 12.1. The van der Waals surface area contributed by atoms with Gasteiger partial charge < -0.3 is 10.2 Å². The fourth-order valence-electron chi connectivity index (χ4n) is 2.47. The molecule has 0 aliphatic heterocycles. The Kier molecular flexibility index (Phi) is 4.73. The molecule has 4 nitrogen and oxygen atoms in total. The second-order valence-electron chi connectivity index (χ2n) is 4.73. The summed E-state index contributed by atoms with van der Waals surface area (Å²) in [7, 11) is 0. The number of rotatable bonds is 5.